The zero-order valence-corrected chi connectivity index (χ0v) is 20.7. The minimum absolute atomic E-state index is 0.131. The molecule has 3 aliphatic rings. The van der Waals surface area contributed by atoms with Crippen LogP contribution in [0.15, 0.2) is 28.0 Å². The van der Waals surface area contributed by atoms with Crippen LogP contribution in [0.3, 0.4) is 0 Å². The second kappa shape index (κ2) is 9.14. The van der Waals surface area contributed by atoms with Gasteiger partial charge in [0.1, 0.15) is 15.8 Å². The van der Waals surface area contributed by atoms with E-state index < -0.39 is 0 Å². The van der Waals surface area contributed by atoms with Crippen LogP contribution in [0.5, 0.6) is 0 Å². The van der Waals surface area contributed by atoms with Gasteiger partial charge in [0.15, 0.2) is 0 Å². The van der Waals surface area contributed by atoms with E-state index in [4.69, 9.17) is 22.9 Å². The normalized spacial score (nSPS) is 21.4. The number of primary amides is 1. The van der Waals surface area contributed by atoms with Crippen molar-refractivity contribution in [3.8, 4) is 0 Å². The van der Waals surface area contributed by atoms with Crippen molar-refractivity contribution < 1.29 is 9.59 Å². The molecule has 2 N–H and O–H groups in total. The molecule has 2 aromatic rings. The van der Waals surface area contributed by atoms with E-state index in [9.17, 15) is 14.4 Å². The zero-order valence-electron chi connectivity index (χ0n) is 19.0. The highest BCUT2D eigenvalue weighted by Gasteiger charge is 2.38. The smallest absolute Gasteiger partial charge is 0.267 e. The van der Waals surface area contributed by atoms with E-state index in [-0.39, 0.29) is 29.3 Å². The lowest BCUT2D eigenvalue weighted by Crippen LogP contribution is -2.40. The van der Waals surface area contributed by atoms with Crippen molar-refractivity contribution in [1.82, 2.24) is 14.3 Å². The number of hydrogen-bond donors (Lipinski definition) is 1. The highest BCUT2D eigenvalue weighted by Crippen LogP contribution is 2.38. The highest BCUT2D eigenvalue weighted by atomic mass is 32.2. The fraction of sp³-hybridized carbons (Fsp3) is 0.458. The Kier molecular flexibility index (Phi) is 6.20. The van der Waals surface area contributed by atoms with Gasteiger partial charge in [0.05, 0.1) is 10.5 Å². The monoisotopic (exact) mass is 497 g/mol. The number of nitrogens with zero attached hydrogens (tertiary/aromatic N) is 4. The molecule has 10 heteroatoms. The second-order valence-electron chi connectivity index (χ2n) is 9.19. The predicted octanol–water partition coefficient (Wildman–Crippen LogP) is 2.85. The maximum absolute atomic E-state index is 13.6. The Balaban J connectivity index is 1.59. The first-order chi connectivity index (χ1) is 16.3. The number of rotatable bonds is 4. The molecule has 0 aromatic carbocycles. The van der Waals surface area contributed by atoms with Crippen LogP contribution < -0.4 is 16.2 Å². The molecule has 2 aliphatic heterocycles. The van der Waals surface area contributed by atoms with Crippen LogP contribution in [-0.4, -0.2) is 49.6 Å². The third-order valence-electron chi connectivity index (χ3n) is 7.05. The Hall–Kier alpha value is -2.72. The lowest BCUT2D eigenvalue weighted by atomic mass is 9.96. The highest BCUT2D eigenvalue weighted by molar-refractivity contribution is 8.26. The average molecular weight is 498 g/mol. The van der Waals surface area contributed by atoms with Gasteiger partial charge in [-0.1, -0.05) is 42.9 Å². The first-order valence-corrected chi connectivity index (χ1v) is 12.9. The van der Waals surface area contributed by atoms with Crippen LogP contribution >= 0.6 is 24.0 Å². The Bertz CT molecular complexity index is 1270. The summed E-state index contributed by atoms with van der Waals surface area (Å²) in [5.74, 6) is -0.0640. The minimum Gasteiger partial charge on any atom is -0.369 e. The van der Waals surface area contributed by atoms with Gasteiger partial charge in [-0.05, 0) is 50.3 Å². The number of carbonyl (C=O) groups excluding carboxylic acids is 2. The van der Waals surface area contributed by atoms with Gasteiger partial charge >= 0.3 is 0 Å². The van der Waals surface area contributed by atoms with E-state index >= 15 is 0 Å². The van der Waals surface area contributed by atoms with E-state index in [1.807, 2.05) is 24.0 Å². The van der Waals surface area contributed by atoms with Crippen molar-refractivity contribution in [3.63, 3.8) is 0 Å². The largest absolute Gasteiger partial charge is 0.369 e. The Morgan fingerprint density at radius 2 is 1.91 bits per heavy atom. The molecule has 2 amide bonds. The molecule has 34 heavy (non-hydrogen) atoms. The van der Waals surface area contributed by atoms with Gasteiger partial charge in [-0.3, -0.25) is 23.7 Å². The number of hydrogen-bond acceptors (Lipinski definition) is 7. The lowest BCUT2D eigenvalue weighted by Gasteiger charge is -2.32. The first-order valence-electron chi connectivity index (χ1n) is 11.7. The molecule has 8 nitrogen and oxygen atoms in total. The summed E-state index contributed by atoms with van der Waals surface area (Å²) in [6.07, 6.45) is 8.68. The zero-order chi connectivity index (χ0) is 24.0. The summed E-state index contributed by atoms with van der Waals surface area (Å²) in [5.41, 5.74) is 7.11. The number of fused-ring (bicyclic) bond motifs is 1. The molecule has 0 atom stereocenters. The Morgan fingerprint density at radius 1 is 1.21 bits per heavy atom. The predicted molar refractivity (Wildman–Crippen MR) is 138 cm³/mol. The van der Waals surface area contributed by atoms with Crippen molar-refractivity contribution in [2.75, 3.05) is 18.0 Å². The van der Waals surface area contributed by atoms with Gasteiger partial charge in [0, 0.05) is 31.2 Å². The van der Waals surface area contributed by atoms with E-state index in [1.165, 1.54) is 16.2 Å². The molecule has 0 radical (unpaired) electrons. The number of pyridine rings is 1. The molecule has 3 fully saturated rings. The van der Waals surface area contributed by atoms with Crippen LogP contribution in [0.2, 0.25) is 0 Å². The minimum atomic E-state index is -0.294. The van der Waals surface area contributed by atoms with E-state index in [0.717, 1.165) is 31.2 Å². The summed E-state index contributed by atoms with van der Waals surface area (Å²) < 4.78 is 2.08. The number of thioether (sulfide) groups is 1. The van der Waals surface area contributed by atoms with Crippen LogP contribution in [0.25, 0.3) is 11.7 Å². The topological polar surface area (TPSA) is 101 Å². The number of anilines is 1. The summed E-state index contributed by atoms with van der Waals surface area (Å²) >= 11 is 6.80. The van der Waals surface area contributed by atoms with E-state index in [0.29, 0.717) is 52.2 Å². The van der Waals surface area contributed by atoms with Crippen LogP contribution in [-0.2, 0) is 9.59 Å². The number of amides is 2. The SMILES string of the molecule is Cc1cccn2c(=O)c(/C=C3/SC(=S)N(C4CCCC4)C3=O)c(N3CCC(C(N)=O)CC3)nc12. The summed E-state index contributed by atoms with van der Waals surface area (Å²) in [7, 11) is 0. The third-order valence-corrected chi connectivity index (χ3v) is 8.38. The molecule has 1 aliphatic carbocycles. The molecular formula is C24H27N5O3S2. The summed E-state index contributed by atoms with van der Waals surface area (Å²) in [4.78, 5) is 47.7. The van der Waals surface area contributed by atoms with Gasteiger partial charge in [-0.25, -0.2) is 4.98 Å². The fourth-order valence-corrected chi connectivity index (χ4v) is 6.51. The number of nitrogens with two attached hydrogens (primary N) is 1. The maximum Gasteiger partial charge on any atom is 0.267 e. The standard InChI is InChI=1S/C24H27N5O3S2/c1-14-5-4-10-28-20(14)26-21(27-11-8-15(9-12-27)19(25)30)17(22(28)31)13-18-23(32)29(24(33)34-18)16-6-2-3-7-16/h4-5,10,13,15-16H,2-3,6-9,11-12H2,1H3,(H2,25,30)/b18-13+. The first kappa shape index (κ1) is 23.0. The van der Waals surface area contributed by atoms with Gasteiger partial charge in [0.2, 0.25) is 5.91 Å². The number of piperidine rings is 1. The average Bonchev–Trinajstić information content (AvgIpc) is 3.43. The molecule has 0 bridgehead atoms. The van der Waals surface area contributed by atoms with Gasteiger partial charge < -0.3 is 10.6 Å². The van der Waals surface area contributed by atoms with Crippen molar-refractivity contribution >= 4 is 57.7 Å². The molecule has 178 valence electrons. The molecule has 4 heterocycles. The second-order valence-corrected chi connectivity index (χ2v) is 10.9. The summed E-state index contributed by atoms with van der Waals surface area (Å²) in [6, 6.07) is 3.87. The molecule has 0 unspecified atom stereocenters. The fourth-order valence-electron chi connectivity index (χ4n) is 5.13. The van der Waals surface area contributed by atoms with Crippen LogP contribution in [0, 0.1) is 12.8 Å². The summed E-state index contributed by atoms with van der Waals surface area (Å²) in [5, 5.41) is 0. The molecule has 2 saturated heterocycles. The quantitative estimate of drug-likeness (QED) is 0.512. The van der Waals surface area contributed by atoms with Gasteiger partial charge in [-0.15, -0.1) is 0 Å². The summed E-state index contributed by atoms with van der Waals surface area (Å²) in [6.45, 7) is 3.04. The van der Waals surface area contributed by atoms with Crippen molar-refractivity contribution in [2.45, 2.75) is 51.5 Å². The number of carbonyl (C=O) groups is 2. The number of aryl methyl sites for hydroxylation is 1. The Morgan fingerprint density at radius 3 is 2.59 bits per heavy atom. The van der Waals surface area contributed by atoms with Crippen LogP contribution in [0.4, 0.5) is 5.82 Å². The van der Waals surface area contributed by atoms with E-state index in [1.54, 1.807) is 17.2 Å². The maximum atomic E-state index is 13.6. The molecule has 5 rings (SSSR count). The Labute approximate surface area is 207 Å². The van der Waals surface area contributed by atoms with Gasteiger partial charge in [0.25, 0.3) is 11.5 Å². The molecule has 0 spiro atoms. The third kappa shape index (κ3) is 4.02. The van der Waals surface area contributed by atoms with Gasteiger partial charge in [-0.2, -0.15) is 0 Å². The molecule has 2 aromatic heterocycles. The lowest BCUT2D eigenvalue weighted by molar-refractivity contribution is -0.124. The number of aromatic nitrogens is 2. The van der Waals surface area contributed by atoms with Crippen LogP contribution in [0.1, 0.15) is 49.7 Å². The molecular weight excluding hydrogens is 470 g/mol. The van der Waals surface area contributed by atoms with Crippen molar-refractivity contribution in [2.24, 2.45) is 11.7 Å². The number of thiocarbonyl (C=S) groups is 1. The molecule has 1 saturated carbocycles. The van der Waals surface area contributed by atoms with Crippen molar-refractivity contribution in [3.05, 3.63) is 44.7 Å². The van der Waals surface area contributed by atoms with Crippen molar-refractivity contribution in [1.29, 1.82) is 0 Å². The van der Waals surface area contributed by atoms with E-state index in [2.05, 4.69) is 0 Å².